The Morgan fingerprint density at radius 1 is 1.14 bits per heavy atom. The summed E-state index contributed by atoms with van der Waals surface area (Å²) in [6, 6.07) is 5.86. The van der Waals surface area contributed by atoms with Gasteiger partial charge in [0.05, 0.1) is 6.20 Å². The normalized spacial score (nSPS) is 12.5. The maximum absolute atomic E-state index is 6.02. The van der Waals surface area contributed by atoms with Crippen molar-refractivity contribution in [3.8, 4) is 0 Å². The molecule has 0 fully saturated rings. The highest BCUT2D eigenvalue weighted by Gasteiger charge is 2.13. The number of nitrogens with two attached hydrogens (primary N) is 1. The molecule has 108 valence electrons. The minimum Gasteiger partial charge on any atom is -0.444 e. The second-order valence-electron chi connectivity index (χ2n) is 5.25. The molecule has 0 saturated carbocycles. The number of pyridine rings is 1. The molecule has 1 atom stereocenters. The van der Waals surface area contributed by atoms with Crippen molar-refractivity contribution < 1.29 is 4.42 Å². The molecule has 0 radical (unpaired) electrons. The summed E-state index contributed by atoms with van der Waals surface area (Å²) in [5.41, 5.74) is 8.69. The van der Waals surface area contributed by atoms with E-state index in [1.54, 1.807) is 6.20 Å². The number of oxazole rings is 1. The zero-order valence-corrected chi connectivity index (χ0v) is 12.3. The van der Waals surface area contributed by atoms with Crippen LogP contribution < -0.4 is 11.1 Å². The van der Waals surface area contributed by atoms with Gasteiger partial charge in [0, 0.05) is 34.0 Å². The van der Waals surface area contributed by atoms with Crippen LogP contribution >= 0.6 is 0 Å². The van der Waals surface area contributed by atoms with Gasteiger partial charge in [-0.2, -0.15) is 0 Å². The summed E-state index contributed by atoms with van der Waals surface area (Å²) in [5, 5.41) is 5.43. The molecule has 3 rings (SSSR count). The maximum atomic E-state index is 6.02. The second kappa shape index (κ2) is 5.09. The first kappa shape index (κ1) is 13.4. The molecule has 0 aliphatic heterocycles. The molecule has 0 bridgehead atoms. The van der Waals surface area contributed by atoms with E-state index in [0.717, 1.165) is 33.6 Å². The Kier molecular flexibility index (Phi) is 3.25. The molecule has 1 aromatic carbocycles. The van der Waals surface area contributed by atoms with E-state index in [4.69, 9.17) is 10.2 Å². The van der Waals surface area contributed by atoms with Crippen LogP contribution in [0.2, 0.25) is 0 Å². The summed E-state index contributed by atoms with van der Waals surface area (Å²) >= 11 is 0. The Labute approximate surface area is 123 Å². The molecule has 0 saturated heterocycles. The van der Waals surface area contributed by atoms with Crippen LogP contribution in [0.1, 0.15) is 30.3 Å². The average molecular weight is 282 g/mol. The van der Waals surface area contributed by atoms with Gasteiger partial charge in [-0.1, -0.05) is 0 Å². The Morgan fingerprint density at radius 3 is 2.67 bits per heavy atom. The van der Waals surface area contributed by atoms with E-state index in [9.17, 15) is 0 Å². The van der Waals surface area contributed by atoms with Crippen molar-refractivity contribution in [2.45, 2.75) is 26.8 Å². The van der Waals surface area contributed by atoms with E-state index in [-0.39, 0.29) is 6.04 Å². The minimum atomic E-state index is -0.0287. The van der Waals surface area contributed by atoms with E-state index >= 15 is 0 Å². The van der Waals surface area contributed by atoms with E-state index in [0.29, 0.717) is 5.89 Å². The van der Waals surface area contributed by atoms with E-state index in [2.05, 4.69) is 15.3 Å². The Balaban J connectivity index is 2.00. The molecule has 2 aromatic heterocycles. The van der Waals surface area contributed by atoms with E-state index in [1.807, 2.05) is 45.2 Å². The van der Waals surface area contributed by atoms with Crippen molar-refractivity contribution >= 4 is 22.1 Å². The number of hydrogen-bond donors (Lipinski definition) is 2. The standard InChI is InChI=1S/C16H18N4O/c1-9-6-12-13(8-18-9)14(17)4-5-15(12)20-11(3)16-19-7-10(2)21-16/h4-8,11,20H,17H2,1-3H3. The molecule has 5 heteroatoms. The molecule has 0 spiro atoms. The third-order valence-electron chi connectivity index (χ3n) is 3.45. The lowest BCUT2D eigenvalue weighted by molar-refractivity contribution is 0.454. The molecule has 5 nitrogen and oxygen atoms in total. The molecular weight excluding hydrogens is 264 g/mol. The van der Waals surface area contributed by atoms with E-state index in [1.165, 1.54) is 0 Å². The summed E-state index contributed by atoms with van der Waals surface area (Å²) in [7, 11) is 0. The van der Waals surface area contributed by atoms with Crippen LogP contribution in [0, 0.1) is 13.8 Å². The third-order valence-corrected chi connectivity index (χ3v) is 3.45. The summed E-state index contributed by atoms with van der Waals surface area (Å²) < 4.78 is 5.57. The number of aromatic nitrogens is 2. The van der Waals surface area contributed by atoms with Crippen LogP contribution in [0.15, 0.2) is 35.0 Å². The Hall–Kier alpha value is -2.56. The van der Waals surface area contributed by atoms with Gasteiger partial charge in [0.2, 0.25) is 5.89 Å². The van der Waals surface area contributed by atoms with Gasteiger partial charge >= 0.3 is 0 Å². The van der Waals surface area contributed by atoms with Gasteiger partial charge in [-0.3, -0.25) is 4.98 Å². The zero-order chi connectivity index (χ0) is 15.0. The number of fused-ring (bicyclic) bond motifs is 1. The lowest BCUT2D eigenvalue weighted by atomic mass is 10.1. The Bertz CT molecular complexity index is 794. The smallest absolute Gasteiger partial charge is 0.216 e. The minimum absolute atomic E-state index is 0.0287. The van der Waals surface area contributed by atoms with Gasteiger partial charge < -0.3 is 15.5 Å². The summed E-state index contributed by atoms with van der Waals surface area (Å²) in [6.07, 6.45) is 3.54. The molecule has 3 N–H and O–H groups in total. The van der Waals surface area contributed by atoms with Crippen molar-refractivity contribution in [1.82, 2.24) is 9.97 Å². The first-order valence-electron chi connectivity index (χ1n) is 6.88. The third kappa shape index (κ3) is 2.54. The number of nitrogens with one attached hydrogen (secondary N) is 1. The van der Waals surface area contributed by atoms with Gasteiger partial charge in [0.1, 0.15) is 11.8 Å². The number of nitrogens with zero attached hydrogens (tertiary/aromatic N) is 2. The van der Waals surface area contributed by atoms with Crippen molar-refractivity contribution in [3.63, 3.8) is 0 Å². The molecule has 1 unspecified atom stereocenters. The van der Waals surface area contributed by atoms with E-state index < -0.39 is 0 Å². The van der Waals surface area contributed by atoms with Crippen molar-refractivity contribution in [2.75, 3.05) is 11.1 Å². The van der Waals surface area contributed by atoms with Crippen LogP contribution in [0.5, 0.6) is 0 Å². The number of rotatable bonds is 3. The average Bonchev–Trinajstić information content (AvgIpc) is 2.88. The topological polar surface area (TPSA) is 77.0 Å². The quantitative estimate of drug-likeness (QED) is 0.718. The molecule has 0 aliphatic rings. The molecule has 2 heterocycles. The van der Waals surface area contributed by atoms with Gasteiger partial charge in [-0.25, -0.2) is 4.98 Å². The van der Waals surface area contributed by atoms with Gasteiger partial charge in [0.25, 0.3) is 0 Å². The zero-order valence-electron chi connectivity index (χ0n) is 12.3. The number of aryl methyl sites for hydroxylation is 2. The highest BCUT2D eigenvalue weighted by atomic mass is 16.4. The number of nitrogen functional groups attached to an aromatic ring is 1. The molecular formula is C16H18N4O. The highest BCUT2D eigenvalue weighted by molar-refractivity contribution is 6.00. The summed E-state index contributed by atoms with van der Waals surface area (Å²) in [4.78, 5) is 8.57. The maximum Gasteiger partial charge on any atom is 0.216 e. The lowest BCUT2D eigenvalue weighted by Crippen LogP contribution is -2.07. The van der Waals surface area contributed by atoms with Crippen LogP contribution in [-0.2, 0) is 0 Å². The molecule has 3 aromatic rings. The largest absolute Gasteiger partial charge is 0.444 e. The SMILES string of the molecule is Cc1cc2c(NC(C)c3ncc(C)o3)ccc(N)c2cn1. The fourth-order valence-corrected chi connectivity index (χ4v) is 2.36. The number of anilines is 2. The second-order valence-corrected chi connectivity index (χ2v) is 5.25. The fourth-order valence-electron chi connectivity index (χ4n) is 2.36. The predicted octanol–water partition coefficient (Wildman–Crippen LogP) is 3.59. The highest BCUT2D eigenvalue weighted by Crippen LogP contribution is 2.30. The monoisotopic (exact) mass is 282 g/mol. The molecule has 21 heavy (non-hydrogen) atoms. The fraction of sp³-hybridized carbons (Fsp3) is 0.250. The lowest BCUT2D eigenvalue weighted by Gasteiger charge is -2.15. The predicted molar refractivity (Wildman–Crippen MR) is 84.2 cm³/mol. The van der Waals surface area contributed by atoms with Crippen LogP contribution in [0.3, 0.4) is 0 Å². The van der Waals surface area contributed by atoms with Crippen LogP contribution in [0.4, 0.5) is 11.4 Å². The van der Waals surface area contributed by atoms with Crippen molar-refractivity contribution in [3.05, 3.63) is 47.9 Å². The summed E-state index contributed by atoms with van der Waals surface area (Å²) in [6.45, 7) is 5.87. The first-order valence-corrected chi connectivity index (χ1v) is 6.88. The van der Waals surface area contributed by atoms with Crippen molar-refractivity contribution in [1.29, 1.82) is 0 Å². The molecule has 0 amide bonds. The van der Waals surface area contributed by atoms with Crippen LogP contribution in [0.25, 0.3) is 10.8 Å². The van der Waals surface area contributed by atoms with Crippen LogP contribution in [-0.4, -0.2) is 9.97 Å². The van der Waals surface area contributed by atoms with Crippen molar-refractivity contribution in [2.24, 2.45) is 0 Å². The Morgan fingerprint density at radius 2 is 1.95 bits per heavy atom. The van der Waals surface area contributed by atoms with Gasteiger partial charge in [0.15, 0.2) is 0 Å². The first-order chi connectivity index (χ1) is 10.0. The number of benzene rings is 1. The van der Waals surface area contributed by atoms with Gasteiger partial charge in [-0.15, -0.1) is 0 Å². The number of hydrogen-bond acceptors (Lipinski definition) is 5. The van der Waals surface area contributed by atoms with Gasteiger partial charge in [-0.05, 0) is 39.0 Å². The summed E-state index contributed by atoms with van der Waals surface area (Å²) in [5.74, 6) is 1.48. The molecule has 0 aliphatic carbocycles.